The number of amides is 1. The number of carbonyl (C=O) groups is 2. The number of rotatable bonds is 8. The van der Waals surface area contributed by atoms with Gasteiger partial charge in [-0.25, -0.2) is 4.39 Å². The summed E-state index contributed by atoms with van der Waals surface area (Å²) in [5, 5.41) is 5.03. The van der Waals surface area contributed by atoms with Crippen LogP contribution in [0.25, 0.3) is 16.2 Å². The van der Waals surface area contributed by atoms with Gasteiger partial charge in [0.1, 0.15) is 5.82 Å². The smallest absolute Gasteiger partial charge is 0.347 e. The van der Waals surface area contributed by atoms with E-state index in [0.717, 1.165) is 10.8 Å². The van der Waals surface area contributed by atoms with Crippen molar-refractivity contribution in [2.75, 3.05) is 6.79 Å². The third-order valence-electron chi connectivity index (χ3n) is 4.86. The summed E-state index contributed by atoms with van der Waals surface area (Å²) >= 11 is 13.2. The standard InChI is InChI=1S/C24H23Cl2FNO6PS/c1-24(2,3)23(30)33-13-34-35(31,32)21(19-12-36-20-5-4-15(25)11-18(19)20)22(29)28-7-6-14-8-16(26)10-17(27)9-14/h4-12,21H,13H2,1-3H3,(H,28,29)(H,31,32)/b7-6+. The molecule has 0 aliphatic heterocycles. The maximum Gasteiger partial charge on any atom is 0.347 e. The van der Waals surface area contributed by atoms with Crippen LogP contribution in [0.1, 0.15) is 37.6 Å². The molecule has 0 saturated heterocycles. The molecule has 3 rings (SSSR count). The molecule has 0 radical (unpaired) electrons. The van der Waals surface area contributed by atoms with Crippen molar-refractivity contribution >= 4 is 70.2 Å². The predicted octanol–water partition coefficient (Wildman–Crippen LogP) is 6.92. The molecule has 2 aromatic carbocycles. The summed E-state index contributed by atoms with van der Waals surface area (Å²) in [7, 11) is -4.74. The molecule has 2 atom stereocenters. The van der Waals surface area contributed by atoms with E-state index in [2.05, 4.69) is 5.32 Å². The number of carbonyl (C=O) groups excluding carboxylic acids is 2. The van der Waals surface area contributed by atoms with Crippen molar-refractivity contribution in [1.82, 2.24) is 5.32 Å². The minimum absolute atomic E-state index is 0.165. The summed E-state index contributed by atoms with van der Waals surface area (Å²) in [4.78, 5) is 36.0. The van der Waals surface area contributed by atoms with Gasteiger partial charge in [-0.3, -0.25) is 18.7 Å². The van der Waals surface area contributed by atoms with Gasteiger partial charge in [-0.2, -0.15) is 0 Å². The molecule has 1 heterocycles. The van der Waals surface area contributed by atoms with Gasteiger partial charge in [0.25, 0.3) is 0 Å². The van der Waals surface area contributed by atoms with Crippen LogP contribution < -0.4 is 5.32 Å². The summed E-state index contributed by atoms with van der Waals surface area (Å²) in [6.45, 7) is 4.02. The topological polar surface area (TPSA) is 102 Å². The normalized spacial score (nSPS) is 14.5. The van der Waals surface area contributed by atoms with E-state index in [-0.39, 0.29) is 10.6 Å². The molecule has 7 nitrogen and oxygen atoms in total. The van der Waals surface area contributed by atoms with Gasteiger partial charge in [0, 0.05) is 20.9 Å². The zero-order valence-electron chi connectivity index (χ0n) is 19.5. The highest BCUT2D eigenvalue weighted by Crippen LogP contribution is 2.58. The molecular weight excluding hydrogens is 551 g/mol. The van der Waals surface area contributed by atoms with E-state index in [4.69, 9.17) is 32.5 Å². The Hall–Kier alpha value is -2.26. The summed E-state index contributed by atoms with van der Waals surface area (Å²) in [5.74, 6) is -2.08. The van der Waals surface area contributed by atoms with Crippen LogP contribution in [0.5, 0.6) is 0 Å². The fourth-order valence-electron chi connectivity index (χ4n) is 3.11. The number of esters is 1. The van der Waals surface area contributed by atoms with Gasteiger partial charge < -0.3 is 14.9 Å². The third-order valence-corrected chi connectivity index (χ3v) is 7.94. The Kier molecular flexibility index (Phi) is 8.98. The second-order valence-corrected chi connectivity index (χ2v) is 12.5. The molecule has 3 aromatic rings. The van der Waals surface area contributed by atoms with Gasteiger partial charge >= 0.3 is 13.6 Å². The average molecular weight is 574 g/mol. The second-order valence-electron chi connectivity index (χ2n) is 8.77. The van der Waals surface area contributed by atoms with Gasteiger partial charge in [0.15, 0.2) is 5.66 Å². The number of thiophene rings is 1. The Morgan fingerprint density at radius 1 is 1.19 bits per heavy atom. The van der Waals surface area contributed by atoms with Crippen molar-refractivity contribution in [2.24, 2.45) is 5.41 Å². The maximum absolute atomic E-state index is 13.6. The Morgan fingerprint density at radius 3 is 2.58 bits per heavy atom. The van der Waals surface area contributed by atoms with Crippen LogP contribution in [-0.2, 0) is 23.4 Å². The van der Waals surface area contributed by atoms with E-state index in [1.54, 1.807) is 44.4 Å². The monoisotopic (exact) mass is 573 g/mol. The second kappa shape index (κ2) is 11.4. The predicted molar refractivity (Wildman–Crippen MR) is 139 cm³/mol. The number of nitrogens with one attached hydrogen (secondary N) is 1. The van der Waals surface area contributed by atoms with Gasteiger partial charge in [-0.15, -0.1) is 11.3 Å². The van der Waals surface area contributed by atoms with Crippen molar-refractivity contribution in [1.29, 1.82) is 0 Å². The molecule has 0 aliphatic rings. The Bertz CT molecular complexity index is 1350. The molecule has 2 N–H and O–H groups in total. The van der Waals surface area contributed by atoms with Crippen LogP contribution in [0.15, 0.2) is 48.0 Å². The highest BCUT2D eigenvalue weighted by Gasteiger charge is 2.42. The molecule has 0 spiro atoms. The zero-order valence-corrected chi connectivity index (χ0v) is 22.7. The molecular formula is C24H23Cl2FNO6PS. The molecule has 1 amide bonds. The van der Waals surface area contributed by atoms with Crippen molar-refractivity contribution in [3.8, 4) is 0 Å². The van der Waals surface area contributed by atoms with E-state index in [1.165, 1.54) is 35.7 Å². The zero-order chi connectivity index (χ0) is 26.7. The van der Waals surface area contributed by atoms with Gasteiger partial charge in [0.05, 0.1) is 5.41 Å². The van der Waals surface area contributed by atoms with Crippen LogP contribution >= 0.6 is 42.1 Å². The number of halogens is 3. The van der Waals surface area contributed by atoms with Crippen LogP contribution in [0, 0.1) is 11.2 Å². The molecule has 12 heteroatoms. The van der Waals surface area contributed by atoms with Crippen molar-refractivity contribution < 1.29 is 32.7 Å². The first kappa shape index (κ1) is 28.3. The largest absolute Gasteiger partial charge is 0.438 e. The lowest BCUT2D eigenvalue weighted by Crippen LogP contribution is -2.27. The third kappa shape index (κ3) is 7.16. The minimum Gasteiger partial charge on any atom is -0.438 e. The first-order valence-corrected chi connectivity index (χ1v) is 13.8. The minimum atomic E-state index is -4.74. The SMILES string of the molecule is CC(C)(C)C(=O)OCOP(=O)(O)C(C(=O)N/C=C/c1cc(F)cc(Cl)c1)c1csc2ccc(Cl)cc12. The highest BCUT2D eigenvalue weighted by atomic mass is 35.5. The Balaban J connectivity index is 1.90. The molecule has 192 valence electrons. The van der Waals surface area contributed by atoms with Crippen LogP contribution in [-0.4, -0.2) is 23.6 Å². The van der Waals surface area contributed by atoms with Gasteiger partial charge in [0.2, 0.25) is 12.7 Å². The van der Waals surface area contributed by atoms with E-state index in [9.17, 15) is 23.4 Å². The summed E-state index contributed by atoms with van der Waals surface area (Å²) in [5.41, 5.74) is -1.96. The van der Waals surface area contributed by atoms with Crippen molar-refractivity contribution in [2.45, 2.75) is 26.4 Å². The fraction of sp³-hybridized carbons (Fsp3) is 0.250. The van der Waals surface area contributed by atoms with Crippen molar-refractivity contribution in [3.63, 3.8) is 0 Å². The van der Waals surface area contributed by atoms with Gasteiger partial charge in [-0.1, -0.05) is 23.2 Å². The lowest BCUT2D eigenvalue weighted by Gasteiger charge is -2.22. The van der Waals surface area contributed by atoms with Crippen molar-refractivity contribution in [3.05, 3.63) is 75.0 Å². The molecule has 0 saturated carbocycles. The lowest BCUT2D eigenvalue weighted by molar-refractivity contribution is -0.159. The van der Waals surface area contributed by atoms with E-state index in [0.29, 0.717) is 16.0 Å². The number of benzene rings is 2. The maximum atomic E-state index is 13.6. The summed E-state index contributed by atoms with van der Waals surface area (Å²) in [6, 6.07) is 8.77. The van der Waals surface area contributed by atoms with Gasteiger partial charge in [-0.05, 0) is 85.1 Å². The first-order valence-electron chi connectivity index (χ1n) is 10.5. The number of hydrogen-bond acceptors (Lipinski definition) is 6. The van der Waals surface area contributed by atoms with E-state index >= 15 is 0 Å². The number of ether oxygens (including phenoxy) is 1. The first-order chi connectivity index (χ1) is 16.8. The molecule has 36 heavy (non-hydrogen) atoms. The average Bonchev–Trinajstić information content (AvgIpc) is 3.14. The Morgan fingerprint density at radius 2 is 1.92 bits per heavy atom. The fourth-order valence-corrected chi connectivity index (χ4v) is 5.87. The van der Waals surface area contributed by atoms with Crippen LogP contribution in [0.2, 0.25) is 10.0 Å². The molecule has 1 aromatic heterocycles. The van der Waals surface area contributed by atoms with E-state index in [1.807, 2.05) is 0 Å². The molecule has 0 aliphatic carbocycles. The number of hydrogen-bond donors (Lipinski definition) is 2. The number of fused-ring (bicyclic) bond motifs is 1. The lowest BCUT2D eigenvalue weighted by atomic mass is 9.98. The van der Waals surface area contributed by atoms with Crippen LogP contribution in [0.4, 0.5) is 4.39 Å². The molecule has 0 bridgehead atoms. The summed E-state index contributed by atoms with van der Waals surface area (Å²) in [6.07, 6.45) is 2.57. The molecule has 2 unspecified atom stereocenters. The highest BCUT2D eigenvalue weighted by molar-refractivity contribution is 7.54. The van der Waals surface area contributed by atoms with Crippen LogP contribution in [0.3, 0.4) is 0 Å². The Labute approximate surface area is 221 Å². The van der Waals surface area contributed by atoms with E-state index < -0.39 is 43.2 Å². The quantitative estimate of drug-likeness (QED) is 0.172. The molecule has 0 fully saturated rings. The summed E-state index contributed by atoms with van der Waals surface area (Å²) < 4.78 is 37.6.